The van der Waals surface area contributed by atoms with Gasteiger partial charge in [0.05, 0.1) is 11.4 Å². The average molecular weight is 322 g/mol. The Labute approximate surface area is 142 Å². The standard InChI is InChI=1S/C20H22N2O2/c23-20(19-14-15-8-2-5-11-18(15)24-19)21-16-9-3-4-10-17(16)22-12-6-1-7-13-22/h2-5,8-11,19H,1,6-7,12-14H2,(H,21,23). The zero-order valence-corrected chi connectivity index (χ0v) is 13.7. The summed E-state index contributed by atoms with van der Waals surface area (Å²) >= 11 is 0. The van der Waals surface area contributed by atoms with Crippen LogP contribution in [0.4, 0.5) is 11.4 Å². The third-order valence-electron chi connectivity index (χ3n) is 4.80. The zero-order chi connectivity index (χ0) is 16.4. The minimum atomic E-state index is -0.447. The van der Waals surface area contributed by atoms with Gasteiger partial charge in [-0.1, -0.05) is 30.3 Å². The molecule has 0 bridgehead atoms. The highest BCUT2D eigenvalue weighted by Gasteiger charge is 2.29. The Hall–Kier alpha value is -2.49. The molecule has 0 saturated carbocycles. The predicted molar refractivity (Wildman–Crippen MR) is 95.7 cm³/mol. The van der Waals surface area contributed by atoms with Crippen LogP contribution in [0.3, 0.4) is 0 Å². The van der Waals surface area contributed by atoms with Crippen LogP contribution in [0.2, 0.25) is 0 Å². The molecular formula is C20H22N2O2. The van der Waals surface area contributed by atoms with E-state index in [0.29, 0.717) is 6.42 Å². The first kappa shape index (κ1) is 15.1. The van der Waals surface area contributed by atoms with Crippen LogP contribution in [-0.2, 0) is 11.2 Å². The highest BCUT2D eigenvalue weighted by molar-refractivity contribution is 5.98. The van der Waals surface area contributed by atoms with Crippen LogP contribution >= 0.6 is 0 Å². The van der Waals surface area contributed by atoms with Crippen molar-refractivity contribution in [3.63, 3.8) is 0 Å². The van der Waals surface area contributed by atoms with Gasteiger partial charge >= 0.3 is 0 Å². The number of rotatable bonds is 3. The lowest BCUT2D eigenvalue weighted by Crippen LogP contribution is -2.34. The Balaban J connectivity index is 1.49. The van der Waals surface area contributed by atoms with Gasteiger partial charge in [-0.25, -0.2) is 0 Å². The topological polar surface area (TPSA) is 41.6 Å². The number of carbonyl (C=O) groups excluding carboxylic acids is 1. The molecule has 4 nitrogen and oxygen atoms in total. The van der Waals surface area contributed by atoms with E-state index in [1.54, 1.807) is 0 Å². The third kappa shape index (κ3) is 2.96. The summed E-state index contributed by atoms with van der Waals surface area (Å²) in [5, 5.41) is 3.08. The fourth-order valence-corrected chi connectivity index (χ4v) is 3.53. The Morgan fingerprint density at radius 1 is 1.00 bits per heavy atom. The molecular weight excluding hydrogens is 300 g/mol. The molecule has 1 fully saturated rings. The maximum atomic E-state index is 12.7. The molecule has 2 aromatic carbocycles. The minimum absolute atomic E-state index is 0.0735. The molecule has 2 aromatic rings. The van der Waals surface area contributed by atoms with Crippen molar-refractivity contribution in [1.29, 1.82) is 0 Å². The molecule has 2 heterocycles. The van der Waals surface area contributed by atoms with E-state index in [0.717, 1.165) is 35.8 Å². The Kier molecular flexibility index (Phi) is 4.11. The van der Waals surface area contributed by atoms with Crippen LogP contribution < -0.4 is 15.0 Å². The Morgan fingerprint density at radius 2 is 1.75 bits per heavy atom. The largest absolute Gasteiger partial charge is 0.480 e. The van der Waals surface area contributed by atoms with E-state index < -0.39 is 6.10 Å². The smallest absolute Gasteiger partial charge is 0.265 e. The van der Waals surface area contributed by atoms with Gasteiger partial charge in [0.2, 0.25) is 0 Å². The number of para-hydroxylation sites is 3. The number of anilines is 2. The number of carbonyl (C=O) groups is 1. The molecule has 2 aliphatic rings. The lowest BCUT2D eigenvalue weighted by Gasteiger charge is -2.30. The summed E-state index contributed by atoms with van der Waals surface area (Å²) in [5.41, 5.74) is 3.09. The van der Waals surface area contributed by atoms with E-state index in [-0.39, 0.29) is 5.91 Å². The predicted octanol–water partition coefficient (Wildman–Crippen LogP) is 3.62. The van der Waals surface area contributed by atoms with Crippen LogP contribution in [0.15, 0.2) is 48.5 Å². The Bertz CT molecular complexity index is 713. The molecule has 1 unspecified atom stereocenters. The van der Waals surface area contributed by atoms with E-state index in [4.69, 9.17) is 4.74 Å². The van der Waals surface area contributed by atoms with Gasteiger partial charge in [0, 0.05) is 19.5 Å². The molecule has 0 radical (unpaired) electrons. The second-order valence-corrected chi connectivity index (χ2v) is 6.47. The molecule has 124 valence electrons. The van der Waals surface area contributed by atoms with E-state index >= 15 is 0 Å². The molecule has 0 aliphatic carbocycles. The van der Waals surface area contributed by atoms with Gasteiger partial charge in [0.15, 0.2) is 6.10 Å². The first-order valence-electron chi connectivity index (χ1n) is 8.71. The monoisotopic (exact) mass is 322 g/mol. The minimum Gasteiger partial charge on any atom is -0.480 e. The van der Waals surface area contributed by atoms with Crippen LogP contribution in [0.25, 0.3) is 0 Å². The van der Waals surface area contributed by atoms with Gasteiger partial charge in [0.1, 0.15) is 5.75 Å². The Morgan fingerprint density at radius 3 is 2.58 bits per heavy atom. The second kappa shape index (κ2) is 6.56. The van der Waals surface area contributed by atoms with Crippen molar-refractivity contribution in [2.75, 3.05) is 23.3 Å². The molecule has 4 heteroatoms. The van der Waals surface area contributed by atoms with Crippen LogP contribution in [0.1, 0.15) is 24.8 Å². The first-order valence-corrected chi connectivity index (χ1v) is 8.71. The lowest BCUT2D eigenvalue weighted by molar-refractivity contribution is -0.122. The van der Waals surface area contributed by atoms with Crippen molar-refractivity contribution in [3.8, 4) is 5.75 Å². The number of amides is 1. The van der Waals surface area contributed by atoms with Crippen molar-refractivity contribution in [3.05, 3.63) is 54.1 Å². The number of piperidine rings is 1. The van der Waals surface area contributed by atoms with Gasteiger partial charge in [0.25, 0.3) is 5.91 Å². The van der Waals surface area contributed by atoms with Crippen LogP contribution in [-0.4, -0.2) is 25.1 Å². The number of benzene rings is 2. The second-order valence-electron chi connectivity index (χ2n) is 6.47. The molecule has 24 heavy (non-hydrogen) atoms. The maximum Gasteiger partial charge on any atom is 0.265 e. The number of nitrogens with zero attached hydrogens (tertiary/aromatic N) is 1. The molecule has 1 atom stereocenters. The van der Waals surface area contributed by atoms with Crippen LogP contribution in [0, 0.1) is 0 Å². The maximum absolute atomic E-state index is 12.7. The van der Waals surface area contributed by atoms with Gasteiger partial charge in [-0.2, -0.15) is 0 Å². The molecule has 1 N–H and O–H groups in total. The summed E-state index contributed by atoms with van der Waals surface area (Å²) in [6.07, 6.45) is 3.90. The van der Waals surface area contributed by atoms with E-state index in [1.165, 1.54) is 19.3 Å². The molecule has 0 aromatic heterocycles. The van der Waals surface area contributed by atoms with Gasteiger partial charge < -0.3 is 15.0 Å². The summed E-state index contributed by atoms with van der Waals surface area (Å²) in [6.45, 7) is 2.11. The summed E-state index contributed by atoms with van der Waals surface area (Å²) in [5.74, 6) is 0.748. The van der Waals surface area contributed by atoms with Crippen LogP contribution in [0.5, 0.6) is 5.75 Å². The zero-order valence-electron chi connectivity index (χ0n) is 13.7. The van der Waals surface area contributed by atoms with Crippen molar-refractivity contribution in [1.82, 2.24) is 0 Å². The average Bonchev–Trinajstić information content (AvgIpc) is 3.07. The van der Waals surface area contributed by atoms with E-state index in [1.807, 2.05) is 42.5 Å². The van der Waals surface area contributed by atoms with Gasteiger partial charge in [-0.3, -0.25) is 4.79 Å². The quantitative estimate of drug-likeness (QED) is 0.938. The number of hydrogen-bond donors (Lipinski definition) is 1. The number of ether oxygens (including phenoxy) is 1. The summed E-state index contributed by atoms with van der Waals surface area (Å²) in [4.78, 5) is 15.0. The molecule has 1 amide bonds. The fraction of sp³-hybridized carbons (Fsp3) is 0.350. The highest BCUT2D eigenvalue weighted by atomic mass is 16.5. The molecule has 1 saturated heterocycles. The summed E-state index contributed by atoms with van der Waals surface area (Å²) < 4.78 is 5.80. The number of nitrogens with one attached hydrogen (secondary N) is 1. The fourth-order valence-electron chi connectivity index (χ4n) is 3.53. The van der Waals surface area contributed by atoms with Crippen molar-refractivity contribution < 1.29 is 9.53 Å². The first-order chi connectivity index (χ1) is 11.8. The molecule has 2 aliphatic heterocycles. The molecule has 4 rings (SSSR count). The van der Waals surface area contributed by atoms with Crippen molar-refractivity contribution in [2.24, 2.45) is 0 Å². The van der Waals surface area contributed by atoms with Gasteiger partial charge in [-0.15, -0.1) is 0 Å². The highest BCUT2D eigenvalue weighted by Crippen LogP contribution is 2.31. The summed E-state index contributed by atoms with van der Waals surface area (Å²) in [7, 11) is 0. The lowest BCUT2D eigenvalue weighted by atomic mass is 10.1. The van der Waals surface area contributed by atoms with Crippen molar-refractivity contribution in [2.45, 2.75) is 31.8 Å². The van der Waals surface area contributed by atoms with Crippen molar-refractivity contribution >= 4 is 17.3 Å². The van der Waals surface area contributed by atoms with Gasteiger partial charge in [-0.05, 0) is 43.0 Å². The summed E-state index contributed by atoms with van der Waals surface area (Å²) in [6, 6.07) is 15.9. The normalized spacial score (nSPS) is 19.5. The molecule has 0 spiro atoms. The third-order valence-corrected chi connectivity index (χ3v) is 4.80. The number of hydrogen-bond acceptors (Lipinski definition) is 3. The number of fused-ring (bicyclic) bond motifs is 1. The van der Waals surface area contributed by atoms with E-state index in [2.05, 4.69) is 16.3 Å². The van der Waals surface area contributed by atoms with E-state index in [9.17, 15) is 4.79 Å². The SMILES string of the molecule is O=C(Nc1ccccc1N1CCCCC1)C1Cc2ccccc2O1.